The molecule has 3 nitrogen and oxygen atoms in total. The highest BCUT2D eigenvalue weighted by molar-refractivity contribution is 7.99. The maximum atomic E-state index is 9.41. The number of fused-ring (bicyclic) bond motifs is 1. The SMILES string of the molecule is Oc1cccc(Sc2cnc3ccccc3n2)c1. The minimum Gasteiger partial charge on any atom is -0.508 e. The molecule has 0 aliphatic rings. The predicted molar refractivity (Wildman–Crippen MR) is 71.8 cm³/mol. The van der Waals surface area contributed by atoms with E-state index in [1.54, 1.807) is 18.3 Å². The monoisotopic (exact) mass is 254 g/mol. The smallest absolute Gasteiger partial charge is 0.120 e. The molecule has 0 radical (unpaired) electrons. The molecule has 88 valence electrons. The van der Waals surface area contributed by atoms with E-state index in [4.69, 9.17) is 0 Å². The molecule has 0 amide bonds. The van der Waals surface area contributed by atoms with Gasteiger partial charge in [-0.3, -0.25) is 4.98 Å². The van der Waals surface area contributed by atoms with Gasteiger partial charge in [0.25, 0.3) is 0 Å². The Morgan fingerprint density at radius 1 is 0.944 bits per heavy atom. The van der Waals surface area contributed by atoms with Crippen LogP contribution in [0, 0.1) is 0 Å². The molecule has 0 aliphatic heterocycles. The Bertz CT molecular complexity index is 700. The van der Waals surface area contributed by atoms with E-state index < -0.39 is 0 Å². The van der Waals surface area contributed by atoms with Crippen molar-refractivity contribution >= 4 is 22.8 Å². The zero-order valence-corrected chi connectivity index (χ0v) is 10.3. The Morgan fingerprint density at radius 2 is 1.78 bits per heavy atom. The lowest BCUT2D eigenvalue weighted by atomic mass is 10.3. The fraction of sp³-hybridized carbons (Fsp3) is 0. The van der Waals surface area contributed by atoms with Crippen LogP contribution in [0.25, 0.3) is 11.0 Å². The molecule has 0 fully saturated rings. The second-order valence-corrected chi connectivity index (χ2v) is 4.89. The summed E-state index contributed by atoms with van der Waals surface area (Å²) in [7, 11) is 0. The zero-order chi connectivity index (χ0) is 12.4. The van der Waals surface area contributed by atoms with Crippen molar-refractivity contribution in [2.75, 3.05) is 0 Å². The standard InChI is InChI=1S/C14H10N2OS/c17-10-4-3-5-11(8-10)18-14-9-15-12-6-1-2-7-13(12)16-14/h1-9,17H. The normalized spacial score (nSPS) is 10.7. The Balaban J connectivity index is 1.95. The second kappa shape index (κ2) is 4.66. The third kappa shape index (κ3) is 2.28. The Kier molecular flexibility index (Phi) is 2.86. The number of aromatic nitrogens is 2. The van der Waals surface area contributed by atoms with E-state index in [1.807, 2.05) is 36.4 Å². The minimum absolute atomic E-state index is 0.258. The first-order valence-electron chi connectivity index (χ1n) is 5.50. The van der Waals surface area contributed by atoms with Gasteiger partial charge in [0.05, 0.1) is 17.2 Å². The molecule has 0 unspecified atom stereocenters. The average molecular weight is 254 g/mol. The number of benzene rings is 2. The predicted octanol–water partition coefficient (Wildman–Crippen LogP) is 3.49. The van der Waals surface area contributed by atoms with E-state index in [0.717, 1.165) is 21.0 Å². The highest BCUT2D eigenvalue weighted by Gasteiger charge is 2.02. The number of para-hydroxylation sites is 2. The molecule has 0 bridgehead atoms. The summed E-state index contributed by atoms with van der Waals surface area (Å²) < 4.78 is 0. The van der Waals surface area contributed by atoms with Crippen LogP contribution in [0.2, 0.25) is 0 Å². The van der Waals surface area contributed by atoms with Gasteiger partial charge in [-0.1, -0.05) is 30.0 Å². The van der Waals surface area contributed by atoms with Crippen molar-refractivity contribution in [2.24, 2.45) is 0 Å². The summed E-state index contributed by atoms with van der Waals surface area (Å²) in [6.07, 6.45) is 1.75. The number of nitrogens with zero attached hydrogens (tertiary/aromatic N) is 2. The van der Waals surface area contributed by atoms with Crippen molar-refractivity contribution in [3.05, 3.63) is 54.7 Å². The summed E-state index contributed by atoms with van der Waals surface area (Å²) in [4.78, 5) is 9.82. The second-order valence-electron chi connectivity index (χ2n) is 3.80. The van der Waals surface area contributed by atoms with E-state index in [1.165, 1.54) is 11.8 Å². The van der Waals surface area contributed by atoms with Crippen molar-refractivity contribution in [1.82, 2.24) is 9.97 Å². The first-order valence-corrected chi connectivity index (χ1v) is 6.31. The Hall–Kier alpha value is -2.07. The van der Waals surface area contributed by atoms with Crippen molar-refractivity contribution in [1.29, 1.82) is 0 Å². The number of phenolic OH excluding ortho intramolecular Hbond substituents is 1. The molecule has 0 spiro atoms. The van der Waals surface area contributed by atoms with Crippen molar-refractivity contribution in [3.8, 4) is 5.75 Å². The van der Waals surface area contributed by atoms with Crippen molar-refractivity contribution in [2.45, 2.75) is 9.92 Å². The third-order valence-electron chi connectivity index (χ3n) is 2.47. The lowest BCUT2D eigenvalue weighted by Crippen LogP contribution is -1.85. The minimum atomic E-state index is 0.258. The number of aromatic hydroxyl groups is 1. The summed E-state index contributed by atoms with van der Waals surface area (Å²) in [6.45, 7) is 0. The van der Waals surface area contributed by atoms with Gasteiger partial charge in [-0.25, -0.2) is 4.98 Å². The molecule has 0 aliphatic carbocycles. The number of phenols is 1. The summed E-state index contributed by atoms with van der Waals surface area (Å²) in [5.41, 5.74) is 1.76. The lowest BCUT2D eigenvalue weighted by Gasteiger charge is -2.02. The van der Waals surface area contributed by atoms with Crippen LogP contribution in [-0.4, -0.2) is 15.1 Å². The molecular formula is C14H10N2OS. The third-order valence-corrected chi connectivity index (χ3v) is 3.36. The van der Waals surface area contributed by atoms with Gasteiger partial charge in [0.15, 0.2) is 0 Å². The van der Waals surface area contributed by atoms with Crippen LogP contribution >= 0.6 is 11.8 Å². The molecule has 4 heteroatoms. The molecule has 3 rings (SSSR count). The van der Waals surface area contributed by atoms with Gasteiger partial charge in [-0.2, -0.15) is 0 Å². The topological polar surface area (TPSA) is 46.0 Å². The molecule has 1 heterocycles. The van der Waals surface area contributed by atoms with Gasteiger partial charge in [0, 0.05) is 4.90 Å². The molecular weight excluding hydrogens is 244 g/mol. The van der Waals surface area contributed by atoms with Gasteiger partial charge >= 0.3 is 0 Å². The van der Waals surface area contributed by atoms with Crippen LogP contribution in [0.3, 0.4) is 0 Å². The average Bonchev–Trinajstić information content (AvgIpc) is 2.39. The van der Waals surface area contributed by atoms with Crippen LogP contribution in [0.15, 0.2) is 64.6 Å². The molecule has 0 saturated heterocycles. The summed E-state index contributed by atoms with van der Waals surface area (Å²) in [6, 6.07) is 14.9. The maximum absolute atomic E-state index is 9.41. The van der Waals surface area contributed by atoms with Crippen molar-refractivity contribution < 1.29 is 5.11 Å². The maximum Gasteiger partial charge on any atom is 0.120 e. The van der Waals surface area contributed by atoms with E-state index >= 15 is 0 Å². The molecule has 2 aromatic carbocycles. The van der Waals surface area contributed by atoms with Crippen LogP contribution in [0.1, 0.15) is 0 Å². The zero-order valence-electron chi connectivity index (χ0n) is 9.45. The molecule has 0 atom stereocenters. The van der Waals surface area contributed by atoms with Gasteiger partial charge in [0.1, 0.15) is 10.8 Å². The molecule has 1 aromatic heterocycles. The highest BCUT2D eigenvalue weighted by atomic mass is 32.2. The largest absolute Gasteiger partial charge is 0.508 e. The van der Waals surface area contributed by atoms with E-state index in [-0.39, 0.29) is 5.75 Å². The van der Waals surface area contributed by atoms with Crippen molar-refractivity contribution in [3.63, 3.8) is 0 Å². The van der Waals surface area contributed by atoms with Crippen LogP contribution in [0.4, 0.5) is 0 Å². The van der Waals surface area contributed by atoms with Gasteiger partial charge in [-0.05, 0) is 30.3 Å². The fourth-order valence-corrected chi connectivity index (χ4v) is 2.47. The van der Waals surface area contributed by atoms with E-state index in [2.05, 4.69) is 9.97 Å². The molecule has 1 N–H and O–H groups in total. The van der Waals surface area contributed by atoms with Crippen LogP contribution in [0.5, 0.6) is 5.75 Å². The number of rotatable bonds is 2. The lowest BCUT2D eigenvalue weighted by molar-refractivity contribution is 0.474. The summed E-state index contributed by atoms with van der Waals surface area (Å²) in [5, 5.41) is 10.2. The fourth-order valence-electron chi connectivity index (χ4n) is 1.66. The number of hydrogen-bond donors (Lipinski definition) is 1. The summed E-state index contributed by atoms with van der Waals surface area (Å²) in [5.74, 6) is 0.258. The van der Waals surface area contributed by atoms with Gasteiger partial charge < -0.3 is 5.11 Å². The summed E-state index contributed by atoms with van der Waals surface area (Å²) >= 11 is 1.48. The first-order chi connectivity index (χ1) is 8.81. The van der Waals surface area contributed by atoms with Crippen LogP contribution < -0.4 is 0 Å². The van der Waals surface area contributed by atoms with Gasteiger partial charge in [-0.15, -0.1) is 0 Å². The molecule has 3 aromatic rings. The Morgan fingerprint density at radius 3 is 2.61 bits per heavy atom. The Labute approximate surface area is 109 Å². The van der Waals surface area contributed by atoms with E-state index in [0.29, 0.717) is 0 Å². The van der Waals surface area contributed by atoms with E-state index in [9.17, 15) is 5.11 Å². The molecule has 0 saturated carbocycles. The van der Waals surface area contributed by atoms with Gasteiger partial charge in [0.2, 0.25) is 0 Å². The quantitative estimate of drug-likeness (QED) is 0.760. The first kappa shape index (κ1) is 11.0. The highest BCUT2D eigenvalue weighted by Crippen LogP contribution is 2.28. The molecule has 18 heavy (non-hydrogen) atoms. The number of hydrogen-bond acceptors (Lipinski definition) is 4. The van der Waals surface area contributed by atoms with Crippen LogP contribution in [-0.2, 0) is 0 Å².